The smallest absolute Gasteiger partial charge is 0.254 e. The third-order valence-electron chi connectivity index (χ3n) is 5.10. The molecule has 0 bridgehead atoms. The Balaban J connectivity index is 1.44. The Morgan fingerprint density at radius 1 is 1.09 bits per heavy atom. The van der Waals surface area contributed by atoms with Crippen molar-refractivity contribution < 1.29 is 14.3 Å². The lowest BCUT2D eigenvalue weighted by molar-refractivity contribution is 0.0752. The molecule has 2 aromatic heterocycles. The minimum atomic E-state index is -0.0171. The highest BCUT2D eigenvalue weighted by Gasteiger charge is 2.16. The highest BCUT2D eigenvalue weighted by Crippen LogP contribution is 2.30. The fourth-order valence-corrected chi connectivity index (χ4v) is 4.00. The van der Waals surface area contributed by atoms with E-state index in [0.29, 0.717) is 36.8 Å². The highest BCUT2D eigenvalue weighted by molar-refractivity contribution is 7.09. The number of methoxy groups -OCH3 is 1. The third-order valence-corrected chi connectivity index (χ3v) is 5.95. The Kier molecular flexibility index (Phi) is 6.87. The molecule has 0 fully saturated rings. The van der Waals surface area contributed by atoms with Crippen LogP contribution in [-0.2, 0) is 13.2 Å². The van der Waals surface area contributed by atoms with E-state index in [1.54, 1.807) is 29.3 Å². The lowest BCUT2D eigenvalue weighted by Gasteiger charge is -2.22. The summed E-state index contributed by atoms with van der Waals surface area (Å²) in [4.78, 5) is 16.0. The maximum Gasteiger partial charge on any atom is 0.254 e. The van der Waals surface area contributed by atoms with Crippen LogP contribution in [0.5, 0.6) is 11.5 Å². The molecule has 7 heteroatoms. The largest absolute Gasteiger partial charge is 0.493 e. The van der Waals surface area contributed by atoms with Gasteiger partial charge in [0.15, 0.2) is 11.5 Å². The van der Waals surface area contributed by atoms with Gasteiger partial charge in [-0.1, -0.05) is 12.1 Å². The van der Waals surface area contributed by atoms with Crippen molar-refractivity contribution in [3.8, 4) is 17.2 Å². The van der Waals surface area contributed by atoms with E-state index in [1.807, 2.05) is 84.1 Å². The molecule has 4 rings (SSSR count). The lowest BCUT2D eigenvalue weighted by Crippen LogP contribution is -2.30. The Bertz CT molecular complexity index is 1140. The van der Waals surface area contributed by atoms with E-state index < -0.39 is 0 Å². The predicted molar refractivity (Wildman–Crippen MR) is 126 cm³/mol. The number of hydrogen-bond donors (Lipinski definition) is 0. The molecule has 0 saturated carbocycles. The van der Waals surface area contributed by atoms with Gasteiger partial charge in [0.25, 0.3) is 5.91 Å². The summed E-state index contributed by atoms with van der Waals surface area (Å²) in [5.41, 5.74) is 2.54. The van der Waals surface area contributed by atoms with E-state index in [4.69, 9.17) is 9.47 Å². The average molecular weight is 448 g/mol. The molecule has 0 atom stereocenters. The second-order valence-electron chi connectivity index (χ2n) is 7.17. The van der Waals surface area contributed by atoms with Gasteiger partial charge < -0.3 is 14.4 Å². The van der Waals surface area contributed by atoms with Crippen molar-refractivity contribution in [1.29, 1.82) is 0 Å². The zero-order valence-corrected chi connectivity index (χ0v) is 18.9. The van der Waals surface area contributed by atoms with E-state index in [9.17, 15) is 4.79 Å². The second kappa shape index (κ2) is 10.2. The van der Waals surface area contributed by atoms with E-state index in [0.717, 1.165) is 16.1 Å². The van der Waals surface area contributed by atoms with Crippen molar-refractivity contribution in [1.82, 2.24) is 14.7 Å². The summed E-state index contributed by atoms with van der Waals surface area (Å²) in [6.07, 6.45) is 3.60. The fraction of sp³-hybridized carbons (Fsp3) is 0.200. The van der Waals surface area contributed by atoms with Crippen molar-refractivity contribution in [2.24, 2.45) is 0 Å². The fourth-order valence-electron chi connectivity index (χ4n) is 3.38. The summed E-state index contributed by atoms with van der Waals surface area (Å²) < 4.78 is 13.2. The number of rotatable bonds is 9. The number of carbonyl (C=O) groups excluding carboxylic acids is 1. The minimum absolute atomic E-state index is 0.0171. The van der Waals surface area contributed by atoms with Gasteiger partial charge in [0, 0.05) is 35.9 Å². The first-order valence-corrected chi connectivity index (χ1v) is 11.3. The van der Waals surface area contributed by atoms with Gasteiger partial charge in [0.2, 0.25) is 0 Å². The van der Waals surface area contributed by atoms with Crippen LogP contribution in [0.4, 0.5) is 0 Å². The molecule has 0 unspecified atom stereocenters. The molecule has 0 aliphatic heterocycles. The first kappa shape index (κ1) is 21.6. The van der Waals surface area contributed by atoms with Crippen molar-refractivity contribution in [2.75, 3.05) is 13.7 Å². The summed E-state index contributed by atoms with van der Waals surface area (Å²) in [5, 5.41) is 6.25. The van der Waals surface area contributed by atoms with Gasteiger partial charge in [-0.3, -0.25) is 4.79 Å². The van der Waals surface area contributed by atoms with Crippen LogP contribution in [-0.4, -0.2) is 34.2 Å². The average Bonchev–Trinajstić information content (AvgIpc) is 3.56. The van der Waals surface area contributed by atoms with Crippen LogP contribution in [0.15, 0.2) is 78.4 Å². The van der Waals surface area contributed by atoms with Crippen LogP contribution < -0.4 is 9.47 Å². The van der Waals surface area contributed by atoms with Gasteiger partial charge in [0.05, 0.1) is 12.8 Å². The van der Waals surface area contributed by atoms with E-state index in [1.165, 1.54) is 0 Å². The number of amides is 1. The first-order chi connectivity index (χ1) is 15.7. The molecule has 6 nitrogen and oxygen atoms in total. The Hall–Kier alpha value is -3.58. The molecular formula is C25H25N3O3S. The lowest BCUT2D eigenvalue weighted by atomic mass is 10.1. The van der Waals surface area contributed by atoms with Crippen molar-refractivity contribution in [2.45, 2.75) is 20.1 Å². The molecule has 0 aliphatic rings. The SMILES string of the molecule is CCN(Cc1ccc(OCc2cccs2)c(OC)c1)C(=O)c1ccc(-n2cccn2)cc1. The molecule has 32 heavy (non-hydrogen) atoms. The zero-order chi connectivity index (χ0) is 22.3. The number of aromatic nitrogens is 2. The van der Waals surface area contributed by atoms with Crippen LogP contribution in [0.25, 0.3) is 5.69 Å². The van der Waals surface area contributed by atoms with Crippen LogP contribution in [0.3, 0.4) is 0 Å². The number of carbonyl (C=O) groups is 1. The molecule has 164 valence electrons. The van der Waals surface area contributed by atoms with E-state index >= 15 is 0 Å². The maximum absolute atomic E-state index is 13.1. The molecule has 2 aromatic carbocycles. The Morgan fingerprint density at radius 3 is 2.59 bits per heavy atom. The molecule has 0 saturated heterocycles. The van der Waals surface area contributed by atoms with Crippen LogP contribution in [0.2, 0.25) is 0 Å². The number of nitrogens with zero attached hydrogens (tertiary/aromatic N) is 3. The van der Waals surface area contributed by atoms with Gasteiger partial charge in [0.1, 0.15) is 6.61 Å². The minimum Gasteiger partial charge on any atom is -0.493 e. The predicted octanol–water partition coefficient (Wildman–Crippen LogP) is 5.18. The van der Waals surface area contributed by atoms with Crippen molar-refractivity contribution in [3.05, 3.63) is 94.4 Å². The molecular weight excluding hydrogens is 422 g/mol. The monoisotopic (exact) mass is 447 g/mol. The van der Waals surface area contributed by atoms with Crippen molar-refractivity contribution >= 4 is 17.2 Å². The molecule has 0 aliphatic carbocycles. The molecule has 0 N–H and O–H groups in total. The summed E-state index contributed by atoms with van der Waals surface area (Å²) in [7, 11) is 1.63. The van der Waals surface area contributed by atoms with Gasteiger partial charge in [-0.25, -0.2) is 4.68 Å². The second-order valence-corrected chi connectivity index (χ2v) is 8.20. The normalized spacial score (nSPS) is 10.7. The third kappa shape index (κ3) is 5.00. The quantitative estimate of drug-likeness (QED) is 0.355. The van der Waals surface area contributed by atoms with Crippen LogP contribution in [0, 0.1) is 0 Å². The van der Waals surface area contributed by atoms with Crippen LogP contribution >= 0.6 is 11.3 Å². The Morgan fingerprint density at radius 2 is 1.94 bits per heavy atom. The number of benzene rings is 2. The van der Waals surface area contributed by atoms with Gasteiger partial charge in [-0.05, 0) is 66.4 Å². The van der Waals surface area contributed by atoms with Gasteiger partial charge in [-0.2, -0.15) is 5.10 Å². The molecule has 4 aromatic rings. The summed E-state index contributed by atoms with van der Waals surface area (Å²) in [6.45, 7) is 3.56. The maximum atomic E-state index is 13.1. The molecule has 1 amide bonds. The number of ether oxygens (including phenoxy) is 2. The van der Waals surface area contributed by atoms with E-state index in [2.05, 4.69) is 5.10 Å². The summed E-state index contributed by atoms with van der Waals surface area (Å²) in [6, 6.07) is 19.2. The molecule has 2 heterocycles. The summed E-state index contributed by atoms with van der Waals surface area (Å²) >= 11 is 1.66. The Labute approximate surface area is 191 Å². The standard InChI is InChI=1S/C25H25N3O3S/c1-3-27(25(29)20-8-10-21(11-9-20)28-14-5-13-26-28)17-19-7-12-23(24(16-19)30-2)31-18-22-6-4-15-32-22/h4-16H,3,17-18H2,1-2H3. The van der Waals surface area contributed by atoms with Crippen LogP contribution in [0.1, 0.15) is 27.7 Å². The molecule has 0 radical (unpaired) electrons. The van der Waals surface area contributed by atoms with Gasteiger partial charge >= 0.3 is 0 Å². The van der Waals surface area contributed by atoms with Gasteiger partial charge in [-0.15, -0.1) is 11.3 Å². The van der Waals surface area contributed by atoms with Crippen molar-refractivity contribution in [3.63, 3.8) is 0 Å². The number of hydrogen-bond acceptors (Lipinski definition) is 5. The zero-order valence-electron chi connectivity index (χ0n) is 18.1. The molecule has 0 spiro atoms. The first-order valence-electron chi connectivity index (χ1n) is 10.4. The highest BCUT2D eigenvalue weighted by atomic mass is 32.1. The number of thiophene rings is 1. The summed E-state index contributed by atoms with van der Waals surface area (Å²) in [5.74, 6) is 1.33. The van der Waals surface area contributed by atoms with E-state index in [-0.39, 0.29) is 5.91 Å². The topological polar surface area (TPSA) is 56.6 Å².